The average Bonchev–Trinajstić information content (AvgIpc) is 3.20. The van der Waals surface area contributed by atoms with Gasteiger partial charge in [0.25, 0.3) is 7.82 Å². The van der Waals surface area contributed by atoms with E-state index >= 15 is 0 Å². The molecule has 0 saturated heterocycles. The fourth-order valence-electron chi connectivity index (χ4n) is 7.86. The Bertz CT molecular complexity index is 989. The molecule has 0 spiro atoms. The van der Waals surface area contributed by atoms with Crippen LogP contribution in [0, 0.1) is 0 Å². The summed E-state index contributed by atoms with van der Waals surface area (Å²) in [4.78, 5) is 25.4. The summed E-state index contributed by atoms with van der Waals surface area (Å²) in [5.41, 5.74) is 0. The number of quaternary nitrogens is 1. The van der Waals surface area contributed by atoms with Gasteiger partial charge < -0.3 is 28.8 Å². The molecule has 0 aliphatic carbocycles. The lowest BCUT2D eigenvalue weighted by molar-refractivity contribution is -0.870. The van der Waals surface area contributed by atoms with Gasteiger partial charge in [-0.1, -0.05) is 244 Å². The second-order valence-corrected chi connectivity index (χ2v) is 20.7. The smallest absolute Gasteiger partial charge is 0.268 e. The molecular weight excluding hydrogens is 768 g/mol. The van der Waals surface area contributed by atoms with Crippen molar-refractivity contribution in [3.05, 3.63) is 12.2 Å². The fourth-order valence-corrected chi connectivity index (χ4v) is 8.58. The van der Waals surface area contributed by atoms with Crippen LogP contribution in [0.3, 0.4) is 0 Å². The van der Waals surface area contributed by atoms with Crippen LogP contribution in [0.15, 0.2) is 12.2 Å². The lowest BCUT2D eigenvalue weighted by atomic mass is 10.0. The van der Waals surface area contributed by atoms with Gasteiger partial charge in [0.15, 0.2) is 0 Å². The van der Waals surface area contributed by atoms with Gasteiger partial charge in [-0.25, -0.2) is 0 Å². The highest BCUT2D eigenvalue weighted by Crippen LogP contribution is 2.38. The van der Waals surface area contributed by atoms with Gasteiger partial charge in [0, 0.05) is 6.42 Å². The summed E-state index contributed by atoms with van der Waals surface area (Å²) in [5, 5.41) is 13.8. The van der Waals surface area contributed by atoms with E-state index < -0.39 is 20.0 Å². The maximum atomic E-state index is 12.9. The predicted octanol–water partition coefficient (Wildman–Crippen LogP) is 14.5. The maximum Gasteiger partial charge on any atom is 0.268 e. The quantitative estimate of drug-likeness (QED) is 0.0273. The Balaban J connectivity index is 4.10. The summed E-state index contributed by atoms with van der Waals surface area (Å²) in [6.45, 7) is 4.67. The number of phosphoric acid groups is 1. The van der Waals surface area contributed by atoms with Crippen molar-refractivity contribution in [1.29, 1.82) is 0 Å². The number of aliphatic hydroxyl groups excluding tert-OH is 1. The number of likely N-dealkylation sites (N-methyl/N-ethyl adjacent to an activating group) is 1. The van der Waals surface area contributed by atoms with Crippen molar-refractivity contribution in [2.45, 2.75) is 270 Å². The zero-order valence-corrected chi connectivity index (χ0v) is 41.6. The molecule has 1 amide bonds. The van der Waals surface area contributed by atoms with E-state index in [0.717, 1.165) is 38.5 Å². The van der Waals surface area contributed by atoms with E-state index in [9.17, 15) is 19.4 Å². The number of carbonyl (C=O) groups is 1. The van der Waals surface area contributed by atoms with Crippen LogP contribution in [-0.2, 0) is 18.4 Å². The van der Waals surface area contributed by atoms with Crippen molar-refractivity contribution >= 4 is 13.7 Å². The van der Waals surface area contributed by atoms with Crippen LogP contribution in [-0.4, -0.2) is 68.5 Å². The van der Waals surface area contributed by atoms with Crippen LogP contribution in [0.25, 0.3) is 0 Å². The number of carbonyl (C=O) groups excluding carboxylic acids is 1. The normalized spacial score (nSPS) is 14.2. The molecule has 0 aromatic carbocycles. The Morgan fingerprint density at radius 2 is 0.900 bits per heavy atom. The minimum atomic E-state index is -4.58. The third-order valence-electron chi connectivity index (χ3n) is 12.0. The molecule has 9 heteroatoms. The third kappa shape index (κ3) is 45.3. The highest BCUT2D eigenvalue weighted by atomic mass is 31.2. The second kappa shape index (κ2) is 43.5. The molecule has 0 aromatic heterocycles. The SMILES string of the molecule is CCCCCCCCCCCC/C=C/C(O)C(COP(=O)([O-])OCC[N+](C)(C)C)NC(=O)CCCCCCCCCCCCCCCCCCCCCCCCCCCC. The number of nitrogens with zero attached hydrogens (tertiary/aromatic N) is 1. The van der Waals surface area contributed by atoms with E-state index in [0.29, 0.717) is 17.4 Å². The van der Waals surface area contributed by atoms with E-state index in [2.05, 4.69) is 19.2 Å². The standard InChI is InChI=1S/C51H103N2O6P/c1-6-8-10-12-14-16-18-20-21-22-23-24-25-26-27-28-29-30-31-32-33-35-37-39-41-43-45-51(55)52-49(48-59-60(56,57)58-47-46-53(3,4)5)50(54)44-42-40-38-36-34-19-17-15-13-11-9-7-2/h42,44,49-50,54H,6-41,43,45-48H2,1-5H3,(H-,52,55,56,57)/b44-42+. The van der Waals surface area contributed by atoms with Gasteiger partial charge >= 0.3 is 0 Å². The Morgan fingerprint density at radius 3 is 1.25 bits per heavy atom. The van der Waals surface area contributed by atoms with Crippen molar-refractivity contribution < 1.29 is 32.9 Å². The Labute approximate surface area is 373 Å². The fraction of sp³-hybridized carbons (Fsp3) is 0.941. The zero-order chi connectivity index (χ0) is 44.3. The van der Waals surface area contributed by atoms with E-state index in [-0.39, 0.29) is 19.1 Å². The molecule has 0 rings (SSSR count). The van der Waals surface area contributed by atoms with Crippen molar-refractivity contribution in [2.75, 3.05) is 40.9 Å². The molecule has 3 unspecified atom stereocenters. The molecular formula is C51H103N2O6P. The van der Waals surface area contributed by atoms with Gasteiger partial charge in [-0.3, -0.25) is 9.36 Å². The second-order valence-electron chi connectivity index (χ2n) is 19.2. The molecule has 0 saturated carbocycles. The predicted molar refractivity (Wildman–Crippen MR) is 256 cm³/mol. The lowest BCUT2D eigenvalue weighted by Crippen LogP contribution is -2.45. The first-order valence-corrected chi connectivity index (χ1v) is 27.5. The number of rotatable bonds is 48. The number of aliphatic hydroxyl groups is 1. The molecule has 0 heterocycles. The minimum absolute atomic E-state index is 0.00221. The molecule has 3 atom stereocenters. The zero-order valence-electron chi connectivity index (χ0n) is 40.7. The summed E-state index contributed by atoms with van der Waals surface area (Å²) in [6, 6.07) is -0.880. The van der Waals surface area contributed by atoms with Crippen molar-refractivity contribution in [3.63, 3.8) is 0 Å². The van der Waals surface area contributed by atoms with Crippen LogP contribution in [0.4, 0.5) is 0 Å². The molecule has 0 aliphatic rings. The first-order valence-electron chi connectivity index (χ1n) is 26.1. The number of allylic oxidation sites excluding steroid dienone is 1. The number of hydrogen-bond acceptors (Lipinski definition) is 6. The molecule has 0 bridgehead atoms. The first kappa shape index (κ1) is 59.2. The molecule has 0 aliphatic heterocycles. The molecule has 0 aromatic rings. The summed E-state index contributed by atoms with van der Waals surface area (Å²) < 4.78 is 23.2. The van der Waals surface area contributed by atoms with Crippen molar-refractivity contribution in [2.24, 2.45) is 0 Å². The first-order chi connectivity index (χ1) is 29.0. The van der Waals surface area contributed by atoms with E-state index in [1.165, 1.54) is 199 Å². The van der Waals surface area contributed by atoms with E-state index in [1.807, 2.05) is 27.2 Å². The lowest BCUT2D eigenvalue weighted by Gasteiger charge is -2.29. The van der Waals surface area contributed by atoms with Gasteiger partial charge in [0.05, 0.1) is 39.9 Å². The van der Waals surface area contributed by atoms with Crippen molar-refractivity contribution in [1.82, 2.24) is 5.32 Å². The minimum Gasteiger partial charge on any atom is -0.756 e. The highest BCUT2D eigenvalue weighted by Gasteiger charge is 2.23. The number of amides is 1. The summed E-state index contributed by atoms with van der Waals surface area (Å²) in [5.74, 6) is -0.193. The molecule has 8 nitrogen and oxygen atoms in total. The van der Waals surface area contributed by atoms with Gasteiger partial charge in [-0.2, -0.15) is 0 Å². The maximum absolute atomic E-state index is 12.9. The number of nitrogens with one attached hydrogen (secondary N) is 1. The average molecular weight is 871 g/mol. The molecule has 0 fully saturated rings. The topological polar surface area (TPSA) is 108 Å². The Hall–Kier alpha value is -0.760. The Morgan fingerprint density at radius 1 is 0.567 bits per heavy atom. The monoisotopic (exact) mass is 871 g/mol. The Kier molecular flexibility index (Phi) is 42.9. The number of phosphoric ester groups is 1. The number of unbranched alkanes of at least 4 members (excludes halogenated alkanes) is 35. The van der Waals surface area contributed by atoms with Crippen LogP contribution >= 0.6 is 7.82 Å². The molecule has 2 N–H and O–H groups in total. The highest BCUT2D eigenvalue weighted by molar-refractivity contribution is 7.45. The molecule has 0 radical (unpaired) electrons. The summed E-state index contributed by atoms with van der Waals surface area (Å²) in [6.07, 6.45) is 51.4. The van der Waals surface area contributed by atoms with Crippen LogP contribution < -0.4 is 10.2 Å². The van der Waals surface area contributed by atoms with Gasteiger partial charge in [-0.05, 0) is 19.3 Å². The largest absolute Gasteiger partial charge is 0.756 e. The van der Waals surface area contributed by atoms with Crippen LogP contribution in [0.5, 0.6) is 0 Å². The third-order valence-corrected chi connectivity index (χ3v) is 13.0. The van der Waals surface area contributed by atoms with Crippen molar-refractivity contribution in [3.8, 4) is 0 Å². The van der Waals surface area contributed by atoms with Crippen LogP contribution in [0.2, 0.25) is 0 Å². The summed E-state index contributed by atoms with van der Waals surface area (Å²) in [7, 11) is 1.27. The van der Waals surface area contributed by atoms with E-state index in [1.54, 1.807) is 6.08 Å². The number of hydrogen-bond donors (Lipinski definition) is 2. The van der Waals surface area contributed by atoms with Crippen LogP contribution in [0.1, 0.15) is 258 Å². The van der Waals surface area contributed by atoms with E-state index in [4.69, 9.17) is 9.05 Å². The van der Waals surface area contributed by atoms with Gasteiger partial charge in [-0.15, -0.1) is 0 Å². The van der Waals surface area contributed by atoms with Gasteiger partial charge in [0.1, 0.15) is 13.2 Å². The summed E-state index contributed by atoms with van der Waals surface area (Å²) >= 11 is 0. The van der Waals surface area contributed by atoms with Gasteiger partial charge in [0.2, 0.25) is 5.91 Å². The molecule has 60 heavy (non-hydrogen) atoms. The molecule has 358 valence electrons.